The molecule has 7 nitrogen and oxygen atoms in total. The maximum atomic E-state index is 10.7. The van der Waals surface area contributed by atoms with Crippen LogP contribution in [0.5, 0.6) is 0 Å². The van der Waals surface area contributed by atoms with Gasteiger partial charge in [0.15, 0.2) is 0 Å². The molecule has 1 rings (SSSR count). The molecule has 1 heterocycles. The van der Waals surface area contributed by atoms with Gasteiger partial charge >= 0.3 is 0 Å². The Bertz CT molecular complexity index is 378. The average Bonchev–Trinajstić information content (AvgIpc) is 2.27. The van der Waals surface area contributed by atoms with Gasteiger partial charge in [0.1, 0.15) is 17.1 Å². The molecule has 0 bridgehead atoms. The van der Waals surface area contributed by atoms with Crippen molar-refractivity contribution in [1.82, 2.24) is 0 Å². The maximum absolute atomic E-state index is 10.7. The topological polar surface area (TPSA) is 118 Å². The highest BCUT2D eigenvalue weighted by molar-refractivity contribution is 7.86. The molecule has 0 radical (unpaired) electrons. The smallest absolute Gasteiger partial charge is 0.267 e. The summed E-state index contributed by atoms with van der Waals surface area (Å²) in [5.41, 5.74) is -1.51. The molecule has 9 heteroatoms. The van der Waals surface area contributed by atoms with Gasteiger partial charge in [-0.2, -0.15) is 16.8 Å². The second-order valence-corrected chi connectivity index (χ2v) is 6.49. The molecule has 1 aliphatic heterocycles. The lowest BCUT2D eigenvalue weighted by molar-refractivity contribution is 0.0398. The third-order valence-corrected chi connectivity index (χ3v) is 3.86. The molecule has 0 unspecified atom stereocenters. The highest BCUT2D eigenvalue weighted by Gasteiger charge is 2.42. The van der Waals surface area contributed by atoms with Crippen molar-refractivity contribution in [2.24, 2.45) is 0 Å². The van der Waals surface area contributed by atoms with E-state index in [1.54, 1.807) is 0 Å². The van der Waals surface area contributed by atoms with E-state index in [1.165, 1.54) is 0 Å². The Morgan fingerprint density at radius 2 is 1.53 bits per heavy atom. The number of rotatable bonds is 4. The fourth-order valence-corrected chi connectivity index (χ4v) is 3.81. The summed E-state index contributed by atoms with van der Waals surface area (Å²) in [5, 5.41) is 0. The Balaban J connectivity index is 2.90. The highest BCUT2D eigenvalue weighted by atomic mass is 32.2. The molecule has 0 aromatic carbocycles. The van der Waals surface area contributed by atoms with Gasteiger partial charge in [-0.05, 0) is 12.8 Å². The van der Waals surface area contributed by atoms with Crippen molar-refractivity contribution in [1.29, 1.82) is 0 Å². The van der Waals surface area contributed by atoms with Crippen molar-refractivity contribution in [2.75, 3.05) is 18.1 Å². The van der Waals surface area contributed by atoms with Crippen LogP contribution in [-0.4, -0.2) is 49.7 Å². The van der Waals surface area contributed by atoms with Gasteiger partial charge in [-0.3, -0.25) is 9.11 Å². The standard InChI is InChI=1S/C6H12O7S2/c7-14(8,9)4-6(2-1-3-13-6)5-15(10,11)12/h1-5H2,(H,7,8,9)(H,10,11,12). The van der Waals surface area contributed by atoms with E-state index in [1.807, 2.05) is 0 Å². The zero-order valence-corrected chi connectivity index (χ0v) is 9.42. The van der Waals surface area contributed by atoms with E-state index in [0.717, 1.165) is 0 Å². The Morgan fingerprint density at radius 1 is 1.07 bits per heavy atom. The number of hydrogen-bond donors (Lipinski definition) is 2. The summed E-state index contributed by atoms with van der Waals surface area (Å²) in [6, 6.07) is 0. The molecule has 0 amide bonds. The first-order valence-electron chi connectivity index (χ1n) is 4.16. The quantitative estimate of drug-likeness (QED) is 0.642. The molecule has 0 atom stereocenters. The van der Waals surface area contributed by atoms with Gasteiger partial charge in [-0.25, -0.2) is 0 Å². The van der Waals surface area contributed by atoms with Gasteiger partial charge in [-0.15, -0.1) is 0 Å². The predicted octanol–water partition coefficient (Wildman–Crippen LogP) is -0.689. The first-order chi connectivity index (χ1) is 6.62. The molecule has 0 saturated carbocycles. The minimum Gasteiger partial charge on any atom is -0.373 e. The lowest BCUT2D eigenvalue weighted by Crippen LogP contribution is -2.42. The van der Waals surface area contributed by atoms with E-state index in [-0.39, 0.29) is 13.0 Å². The van der Waals surface area contributed by atoms with E-state index in [9.17, 15) is 16.8 Å². The molecular formula is C6H12O7S2. The van der Waals surface area contributed by atoms with Gasteiger partial charge < -0.3 is 4.74 Å². The van der Waals surface area contributed by atoms with Crippen LogP contribution < -0.4 is 0 Å². The molecular weight excluding hydrogens is 248 g/mol. The van der Waals surface area contributed by atoms with Gasteiger partial charge in [0.05, 0.1) is 0 Å². The van der Waals surface area contributed by atoms with Crippen LogP contribution in [0.3, 0.4) is 0 Å². The molecule has 0 aliphatic carbocycles. The van der Waals surface area contributed by atoms with Crippen LogP contribution in [0.25, 0.3) is 0 Å². The largest absolute Gasteiger partial charge is 0.373 e. The second kappa shape index (κ2) is 3.98. The molecule has 0 aromatic heterocycles. The molecule has 1 fully saturated rings. The zero-order chi connectivity index (χ0) is 11.7. The molecule has 0 aromatic rings. The van der Waals surface area contributed by atoms with Gasteiger partial charge in [0.25, 0.3) is 20.2 Å². The van der Waals surface area contributed by atoms with Gasteiger partial charge in [-0.1, -0.05) is 0 Å². The normalized spacial score (nSPS) is 21.7. The molecule has 0 spiro atoms. The molecule has 1 aliphatic rings. The van der Waals surface area contributed by atoms with Crippen molar-refractivity contribution >= 4 is 20.2 Å². The summed E-state index contributed by atoms with van der Waals surface area (Å²) in [6.07, 6.45) is 0.664. The second-order valence-electron chi connectivity index (χ2n) is 3.59. The number of ether oxygens (including phenoxy) is 1. The summed E-state index contributed by atoms with van der Waals surface area (Å²) in [5.74, 6) is -1.64. The van der Waals surface area contributed by atoms with Crippen LogP contribution >= 0.6 is 0 Å². The molecule has 1 saturated heterocycles. The van der Waals surface area contributed by atoms with Crippen LogP contribution in [0.15, 0.2) is 0 Å². The molecule has 90 valence electrons. The summed E-state index contributed by atoms with van der Waals surface area (Å²) in [4.78, 5) is 0. The predicted molar refractivity (Wildman–Crippen MR) is 50.7 cm³/mol. The molecule has 2 N–H and O–H groups in total. The summed E-state index contributed by atoms with van der Waals surface area (Å²) < 4.78 is 65.0. The van der Waals surface area contributed by atoms with Crippen LogP contribution in [0, 0.1) is 0 Å². The van der Waals surface area contributed by atoms with Crippen molar-refractivity contribution in [3.63, 3.8) is 0 Å². The number of hydrogen-bond acceptors (Lipinski definition) is 5. The van der Waals surface area contributed by atoms with Crippen LogP contribution in [-0.2, 0) is 25.0 Å². The van der Waals surface area contributed by atoms with Crippen LogP contribution in [0.2, 0.25) is 0 Å². The van der Waals surface area contributed by atoms with E-state index in [0.29, 0.717) is 6.42 Å². The van der Waals surface area contributed by atoms with Crippen LogP contribution in [0.1, 0.15) is 12.8 Å². The SMILES string of the molecule is O=S(=O)(O)CC1(CS(=O)(=O)O)CCCO1. The van der Waals surface area contributed by atoms with E-state index >= 15 is 0 Å². The summed E-state index contributed by atoms with van der Waals surface area (Å²) in [7, 11) is -8.68. The Morgan fingerprint density at radius 3 is 1.80 bits per heavy atom. The third kappa shape index (κ3) is 4.43. The lowest BCUT2D eigenvalue weighted by Gasteiger charge is -2.24. The van der Waals surface area contributed by atoms with Crippen LogP contribution in [0.4, 0.5) is 0 Å². The van der Waals surface area contributed by atoms with E-state index < -0.39 is 37.3 Å². The maximum Gasteiger partial charge on any atom is 0.267 e. The first-order valence-corrected chi connectivity index (χ1v) is 7.38. The van der Waals surface area contributed by atoms with Crippen molar-refractivity contribution < 1.29 is 30.7 Å². The average molecular weight is 260 g/mol. The highest BCUT2D eigenvalue weighted by Crippen LogP contribution is 2.28. The van der Waals surface area contributed by atoms with Crippen molar-refractivity contribution in [3.8, 4) is 0 Å². The van der Waals surface area contributed by atoms with Gasteiger partial charge in [0.2, 0.25) is 0 Å². The Kier molecular flexibility index (Phi) is 3.41. The van der Waals surface area contributed by atoms with E-state index in [2.05, 4.69) is 0 Å². The lowest BCUT2D eigenvalue weighted by atomic mass is 10.1. The fraction of sp³-hybridized carbons (Fsp3) is 1.00. The van der Waals surface area contributed by atoms with Crippen molar-refractivity contribution in [3.05, 3.63) is 0 Å². The fourth-order valence-electron chi connectivity index (χ4n) is 1.69. The molecule has 15 heavy (non-hydrogen) atoms. The summed E-state index contributed by atoms with van der Waals surface area (Å²) in [6.45, 7) is 0.213. The third-order valence-electron chi connectivity index (χ3n) is 2.08. The van der Waals surface area contributed by atoms with E-state index in [4.69, 9.17) is 13.8 Å². The first kappa shape index (κ1) is 12.8. The Hall–Kier alpha value is -0.220. The Labute approximate surface area is 87.9 Å². The minimum absolute atomic E-state index is 0.173. The van der Waals surface area contributed by atoms with Gasteiger partial charge in [0, 0.05) is 6.61 Å². The minimum atomic E-state index is -4.34. The van der Waals surface area contributed by atoms with Crippen molar-refractivity contribution in [2.45, 2.75) is 18.4 Å². The summed E-state index contributed by atoms with van der Waals surface area (Å²) >= 11 is 0. The monoisotopic (exact) mass is 260 g/mol. The zero-order valence-electron chi connectivity index (χ0n) is 7.79.